The highest BCUT2D eigenvalue weighted by Gasteiger charge is 2.23. The molecule has 1 saturated heterocycles. The minimum absolute atomic E-state index is 0.0937. The number of hydrogen-bond donors (Lipinski definition) is 0. The van der Waals surface area contributed by atoms with Gasteiger partial charge >= 0.3 is 0 Å². The molecular weight excluding hydrogens is 272 g/mol. The van der Waals surface area contributed by atoms with Crippen LogP contribution in [0.15, 0.2) is 24.8 Å². The maximum absolute atomic E-state index is 12.7. The largest absolute Gasteiger partial charge is 0.378 e. The molecule has 5 heteroatoms. The quantitative estimate of drug-likeness (QED) is 0.815. The van der Waals surface area contributed by atoms with E-state index >= 15 is 0 Å². The van der Waals surface area contributed by atoms with Crippen molar-refractivity contribution in [3.63, 3.8) is 0 Å². The maximum Gasteiger partial charge on any atom is 0.270 e. The van der Waals surface area contributed by atoms with Gasteiger partial charge in [-0.25, -0.2) is 0 Å². The lowest BCUT2D eigenvalue weighted by Crippen LogP contribution is -2.41. The predicted molar refractivity (Wildman–Crippen MR) is 81.5 cm³/mol. The third kappa shape index (κ3) is 2.27. The van der Waals surface area contributed by atoms with Crippen molar-refractivity contribution in [1.82, 2.24) is 9.47 Å². The number of ether oxygens (including phenoxy) is 1. The van der Waals surface area contributed by atoms with Gasteiger partial charge in [-0.15, -0.1) is 17.9 Å². The van der Waals surface area contributed by atoms with Gasteiger partial charge in [0, 0.05) is 24.5 Å². The fraction of sp³-hybridized carbons (Fsp3) is 0.400. The lowest BCUT2D eigenvalue weighted by atomic mass is 10.3. The molecule has 3 heterocycles. The van der Waals surface area contributed by atoms with Gasteiger partial charge in [-0.1, -0.05) is 6.08 Å². The van der Waals surface area contributed by atoms with E-state index in [1.54, 1.807) is 11.3 Å². The van der Waals surface area contributed by atoms with E-state index in [0.717, 1.165) is 11.2 Å². The molecule has 20 heavy (non-hydrogen) atoms. The number of thiophene rings is 1. The molecule has 1 aliphatic rings. The molecule has 0 spiro atoms. The van der Waals surface area contributed by atoms with Crippen LogP contribution in [0.1, 0.15) is 15.4 Å². The molecule has 3 rings (SSSR count). The molecule has 0 N–H and O–H groups in total. The van der Waals surface area contributed by atoms with Gasteiger partial charge in [-0.2, -0.15) is 0 Å². The fourth-order valence-electron chi connectivity index (χ4n) is 2.60. The number of carbonyl (C=O) groups excluding carboxylic acids is 1. The van der Waals surface area contributed by atoms with E-state index in [1.165, 1.54) is 9.58 Å². The first-order valence-corrected chi connectivity index (χ1v) is 7.60. The summed E-state index contributed by atoms with van der Waals surface area (Å²) in [5.41, 5.74) is 1.89. The van der Waals surface area contributed by atoms with Gasteiger partial charge in [0.05, 0.1) is 23.4 Å². The molecule has 0 aliphatic carbocycles. The molecule has 4 nitrogen and oxygen atoms in total. The molecule has 0 bridgehead atoms. The van der Waals surface area contributed by atoms with Gasteiger partial charge in [0.25, 0.3) is 5.91 Å². The summed E-state index contributed by atoms with van der Waals surface area (Å²) in [5, 5.41) is 0. The second-order valence-corrected chi connectivity index (χ2v) is 6.23. The van der Waals surface area contributed by atoms with Crippen LogP contribution >= 0.6 is 11.3 Å². The van der Waals surface area contributed by atoms with Crippen LogP contribution in [0.4, 0.5) is 0 Å². The van der Waals surface area contributed by atoms with Crippen molar-refractivity contribution in [3.8, 4) is 0 Å². The number of hydrogen-bond acceptors (Lipinski definition) is 3. The van der Waals surface area contributed by atoms with Crippen molar-refractivity contribution in [3.05, 3.63) is 35.4 Å². The van der Waals surface area contributed by atoms with E-state index in [2.05, 4.69) is 24.1 Å². The van der Waals surface area contributed by atoms with Gasteiger partial charge in [-0.05, 0) is 19.1 Å². The molecule has 106 valence electrons. The smallest absolute Gasteiger partial charge is 0.270 e. The normalized spacial score (nSPS) is 15.8. The number of aromatic nitrogens is 1. The Labute approximate surface area is 122 Å². The predicted octanol–water partition coefficient (Wildman–Crippen LogP) is 2.67. The summed E-state index contributed by atoms with van der Waals surface area (Å²) >= 11 is 1.73. The number of amides is 1. The Morgan fingerprint density at radius 3 is 2.90 bits per heavy atom. The number of allylic oxidation sites excluding steroid dienone is 1. The van der Waals surface area contributed by atoms with Crippen LogP contribution in [-0.4, -0.2) is 41.7 Å². The molecule has 0 radical (unpaired) electrons. The second-order valence-electron chi connectivity index (χ2n) is 4.94. The maximum atomic E-state index is 12.7. The summed E-state index contributed by atoms with van der Waals surface area (Å²) in [5.74, 6) is 0.0937. The molecular formula is C15H18N2O2S. The first-order valence-electron chi connectivity index (χ1n) is 6.78. The lowest BCUT2D eigenvalue weighted by Gasteiger charge is -2.27. The summed E-state index contributed by atoms with van der Waals surface area (Å²) in [7, 11) is 0. The first-order chi connectivity index (χ1) is 9.70. The molecule has 2 aromatic rings. The van der Waals surface area contributed by atoms with E-state index in [0.29, 0.717) is 32.8 Å². The van der Waals surface area contributed by atoms with Crippen LogP contribution in [0.3, 0.4) is 0 Å². The molecule has 0 atom stereocenters. The van der Waals surface area contributed by atoms with Gasteiger partial charge in [0.1, 0.15) is 5.69 Å². The summed E-state index contributed by atoms with van der Waals surface area (Å²) < 4.78 is 8.54. The van der Waals surface area contributed by atoms with Crippen LogP contribution in [0.5, 0.6) is 0 Å². The van der Waals surface area contributed by atoms with Crippen molar-refractivity contribution in [2.24, 2.45) is 0 Å². The molecule has 2 aromatic heterocycles. The van der Waals surface area contributed by atoms with Gasteiger partial charge in [-0.3, -0.25) is 4.79 Å². The van der Waals surface area contributed by atoms with Gasteiger partial charge in [0.15, 0.2) is 0 Å². The Morgan fingerprint density at radius 1 is 1.45 bits per heavy atom. The lowest BCUT2D eigenvalue weighted by molar-refractivity contribution is 0.0296. The zero-order valence-electron chi connectivity index (χ0n) is 11.6. The highest BCUT2D eigenvalue weighted by Crippen LogP contribution is 2.29. The van der Waals surface area contributed by atoms with Crippen LogP contribution in [0.25, 0.3) is 10.2 Å². The number of fused-ring (bicyclic) bond motifs is 1. The van der Waals surface area contributed by atoms with E-state index in [1.807, 2.05) is 17.0 Å². The van der Waals surface area contributed by atoms with E-state index < -0.39 is 0 Å². The van der Waals surface area contributed by atoms with Gasteiger partial charge < -0.3 is 14.2 Å². The summed E-state index contributed by atoms with van der Waals surface area (Å²) in [4.78, 5) is 15.8. The number of carbonyl (C=O) groups is 1. The highest BCUT2D eigenvalue weighted by molar-refractivity contribution is 7.19. The van der Waals surface area contributed by atoms with E-state index in [9.17, 15) is 4.79 Å². The van der Waals surface area contributed by atoms with Crippen molar-refractivity contribution < 1.29 is 9.53 Å². The minimum atomic E-state index is 0.0937. The molecule has 1 fully saturated rings. The first kappa shape index (κ1) is 13.4. The molecule has 1 amide bonds. The number of nitrogens with zero attached hydrogens (tertiary/aromatic N) is 2. The zero-order chi connectivity index (χ0) is 14.1. The van der Waals surface area contributed by atoms with Crippen molar-refractivity contribution >= 4 is 27.5 Å². The number of morpholine rings is 1. The summed E-state index contributed by atoms with van der Waals surface area (Å²) in [6.07, 6.45) is 1.84. The Morgan fingerprint density at radius 2 is 2.20 bits per heavy atom. The highest BCUT2D eigenvalue weighted by atomic mass is 32.1. The third-order valence-corrected chi connectivity index (χ3v) is 4.53. The average molecular weight is 290 g/mol. The summed E-state index contributed by atoms with van der Waals surface area (Å²) in [6, 6.07) is 4.15. The molecule has 1 aliphatic heterocycles. The van der Waals surface area contributed by atoms with Gasteiger partial charge in [0.2, 0.25) is 0 Å². The fourth-order valence-corrected chi connectivity index (χ4v) is 3.56. The number of rotatable bonds is 3. The minimum Gasteiger partial charge on any atom is -0.378 e. The van der Waals surface area contributed by atoms with Crippen LogP contribution in [0.2, 0.25) is 0 Å². The summed E-state index contributed by atoms with van der Waals surface area (Å²) in [6.45, 7) is 9.14. The van der Waals surface area contributed by atoms with E-state index in [-0.39, 0.29) is 5.91 Å². The molecule has 0 unspecified atom stereocenters. The Balaban J connectivity index is 2.00. The monoisotopic (exact) mass is 290 g/mol. The number of aryl methyl sites for hydroxylation is 1. The van der Waals surface area contributed by atoms with Crippen molar-refractivity contribution in [1.29, 1.82) is 0 Å². The van der Waals surface area contributed by atoms with Crippen molar-refractivity contribution in [2.75, 3.05) is 26.3 Å². The second kappa shape index (κ2) is 5.42. The molecule has 0 saturated carbocycles. The van der Waals surface area contributed by atoms with Crippen LogP contribution < -0.4 is 0 Å². The topological polar surface area (TPSA) is 34.5 Å². The zero-order valence-corrected chi connectivity index (χ0v) is 12.4. The Hall–Kier alpha value is -1.59. The van der Waals surface area contributed by atoms with Crippen LogP contribution in [0, 0.1) is 6.92 Å². The van der Waals surface area contributed by atoms with E-state index in [4.69, 9.17) is 4.74 Å². The SMILES string of the molecule is C=CCn1c(C(=O)N2CCOCC2)cc2sc(C)cc21. The Bertz CT molecular complexity index is 650. The standard InChI is InChI=1S/C15H18N2O2S/c1-3-4-17-12-9-11(2)20-14(12)10-13(17)15(18)16-5-7-19-8-6-16/h3,9-10H,1,4-8H2,2H3. The average Bonchev–Trinajstić information content (AvgIpc) is 2.97. The third-order valence-electron chi connectivity index (χ3n) is 3.54. The molecule has 0 aromatic carbocycles. The van der Waals surface area contributed by atoms with Crippen molar-refractivity contribution in [2.45, 2.75) is 13.5 Å². The van der Waals surface area contributed by atoms with Crippen LogP contribution in [-0.2, 0) is 11.3 Å². The Kier molecular flexibility index (Phi) is 3.63.